The standard InChI is InChI=1S/C23H25N3O3S/c1-14-9-10-15(2)18(12-14)25-21(27)16-6-5-11-26(13-16)23(29)20-22(28)24-17-7-3-4-8-19(17)30-20/h3-4,7-10,12,16,20H,5-6,11,13H2,1-2H3,(H,24,28)(H,25,27). The maximum atomic E-state index is 13.1. The second kappa shape index (κ2) is 8.52. The normalized spacial score (nSPS) is 20.9. The van der Waals surface area contributed by atoms with Crippen molar-refractivity contribution in [2.24, 2.45) is 5.92 Å². The van der Waals surface area contributed by atoms with Gasteiger partial charge >= 0.3 is 0 Å². The lowest BCUT2D eigenvalue weighted by molar-refractivity contribution is -0.136. The van der Waals surface area contributed by atoms with Crippen LogP contribution in [0.3, 0.4) is 0 Å². The molecule has 0 saturated carbocycles. The Morgan fingerprint density at radius 3 is 2.80 bits per heavy atom. The van der Waals surface area contributed by atoms with E-state index < -0.39 is 5.25 Å². The molecule has 1 fully saturated rings. The van der Waals surface area contributed by atoms with Gasteiger partial charge in [-0.2, -0.15) is 0 Å². The molecule has 7 heteroatoms. The Labute approximate surface area is 180 Å². The monoisotopic (exact) mass is 423 g/mol. The number of nitrogens with one attached hydrogen (secondary N) is 2. The van der Waals surface area contributed by atoms with E-state index in [-0.39, 0.29) is 23.6 Å². The van der Waals surface area contributed by atoms with Crippen molar-refractivity contribution in [2.75, 3.05) is 23.7 Å². The van der Waals surface area contributed by atoms with Crippen LogP contribution in [-0.2, 0) is 14.4 Å². The molecule has 0 bridgehead atoms. The number of nitrogens with zero attached hydrogens (tertiary/aromatic N) is 1. The van der Waals surface area contributed by atoms with E-state index in [4.69, 9.17) is 0 Å². The average molecular weight is 424 g/mol. The molecule has 0 spiro atoms. The zero-order chi connectivity index (χ0) is 21.3. The highest BCUT2D eigenvalue weighted by molar-refractivity contribution is 8.01. The molecule has 2 heterocycles. The van der Waals surface area contributed by atoms with Gasteiger partial charge in [-0.3, -0.25) is 14.4 Å². The maximum absolute atomic E-state index is 13.1. The summed E-state index contributed by atoms with van der Waals surface area (Å²) in [6.45, 7) is 4.85. The number of para-hydroxylation sites is 1. The lowest BCUT2D eigenvalue weighted by Gasteiger charge is -2.35. The van der Waals surface area contributed by atoms with Gasteiger partial charge in [0, 0.05) is 23.7 Å². The summed E-state index contributed by atoms with van der Waals surface area (Å²) in [6.07, 6.45) is 1.47. The minimum Gasteiger partial charge on any atom is -0.340 e. The van der Waals surface area contributed by atoms with Crippen LogP contribution < -0.4 is 10.6 Å². The summed E-state index contributed by atoms with van der Waals surface area (Å²) in [4.78, 5) is 41.0. The number of carbonyl (C=O) groups is 3. The molecule has 2 aliphatic rings. The van der Waals surface area contributed by atoms with Crippen molar-refractivity contribution in [3.8, 4) is 0 Å². The highest BCUT2D eigenvalue weighted by Crippen LogP contribution is 2.36. The van der Waals surface area contributed by atoms with Crippen molar-refractivity contribution in [2.45, 2.75) is 36.8 Å². The molecule has 0 radical (unpaired) electrons. The van der Waals surface area contributed by atoms with E-state index in [1.807, 2.05) is 56.3 Å². The van der Waals surface area contributed by atoms with Crippen LogP contribution in [0, 0.1) is 19.8 Å². The molecule has 2 aromatic rings. The Kier molecular flexibility index (Phi) is 5.81. The van der Waals surface area contributed by atoms with Crippen LogP contribution in [0.5, 0.6) is 0 Å². The van der Waals surface area contributed by atoms with Gasteiger partial charge in [0.2, 0.25) is 17.7 Å². The fraction of sp³-hybridized carbons (Fsp3) is 0.348. The second-order valence-electron chi connectivity index (χ2n) is 7.91. The Balaban J connectivity index is 1.43. The fourth-order valence-electron chi connectivity index (χ4n) is 3.88. The van der Waals surface area contributed by atoms with Crippen LogP contribution in [0.1, 0.15) is 24.0 Å². The summed E-state index contributed by atoms with van der Waals surface area (Å²) >= 11 is 1.28. The third-order valence-electron chi connectivity index (χ3n) is 5.61. The number of amides is 3. The number of fused-ring (bicyclic) bond motifs is 1. The van der Waals surface area contributed by atoms with E-state index >= 15 is 0 Å². The van der Waals surface area contributed by atoms with Gasteiger partial charge in [0.1, 0.15) is 0 Å². The number of aryl methyl sites for hydroxylation is 2. The summed E-state index contributed by atoms with van der Waals surface area (Å²) in [5.41, 5.74) is 3.63. The fourth-order valence-corrected chi connectivity index (χ4v) is 4.95. The summed E-state index contributed by atoms with van der Waals surface area (Å²) in [5, 5.41) is 5.02. The van der Waals surface area contributed by atoms with Gasteiger partial charge in [-0.25, -0.2) is 0 Å². The molecule has 6 nitrogen and oxygen atoms in total. The molecule has 156 valence electrons. The van der Waals surface area contributed by atoms with Gasteiger partial charge in [-0.05, 0) is 56.0 Å². The highest BCUT2D eigenvalue weighted by atomic mass is 32.2. The number of likely N-dealkylation sites (tertiary alicyclic amines) is 1. The molecule has 2 atom stereocenters. The van der Waals surface area contributed by atoms with Crippen molar-refractivity contribution >= 4 is 40.9 Å². The summed E-state index contributed by atoms with van der Waals surface area (Å²) in [7, 11) is 0. The number of thioether (sulfide) groups is 1. The SMILES string of the molecule is Cc1ccc(C)c(NC(=O)C2CCCN(C(=O)C3Sc4ccccc4NC3=O)C2)c1. The molecule has 3 amide bonds. The Bertz CT molecular complexity index is 1010. The minimum absolute atomic E-state index is 0.0766. The number of rotatable bonds is 3. The number of hydrogen-bond acceptors (Lipinski definition) is 4. The van der Waals surface area contributed by atoms with Crippen LogP contribution in [0.25, 0.3) is 0 Å². The first-order valence-electron chi connectivity index (χ1n) is 10.2. The van der Waals surface area contributed by atoms with E-state index in [2.05, 4.69) is 10.6 Å². The lowest BCUT2D eigenvalue weighted by atomic mass is 9.96. The van der Waals surface area contributed by atoms with Crippen molar-refractivity contribution in [1.82, 2.24) is 4.90 Å². The second-order valence-corrected chi connectivity index (χ2v) is 9.06. The maximum Gasteiger partial charge on any atom is 0.247 e. The molecule has 2 aliphatic heterocycles. The van der Waals surface area contributed by atoms with Crippen LogP contribution in [0.4, 0.5) is 11.4 Å². The van der Waals surface area contributed by atoms with E-state index in [0.717, 1.165) is 40.2 Å². The summed E-state index contributed by atoms with van der Waals surface area (Å²) in [6, 6.07) is 13.4. The Hall–Kier alpha value is -2.80. The molecule has 0 aromatic heterocycles. The molecule has 2 unspecified atom stereocenters. The van der Waals surface area contributed by atoms with Crippen molar-refractivity contribution in [3.05, 3.63) is 53.6 Å². The van der Waals surface area contributed by atoms with Crippen molar-refractivity contribution < 1.29 is 14.4 Å². The van der Waals surface area contributed by atoms with Crippen molar-refractivity contribution in [1.29, 1.82) is 0 Å². The Morgan fingerprint density at radius 2 is 1.97 bits per heavy atom. The zero-order valence-corrected chi connectivity index (χ0v) is 17.9. The van der Waals surface area contributed by atoms with Gasteiger partial charge in [0.25, 0.3) is 0 Å². The number of anilines is 2. The van der Waals surface area contributed by atoms with Gasteiger partial charge in [0.15, 0.2) is 5.25 Å². The van der Waals surface area contributed by atoms with Crippen molar-refractivity contribution in [3.63, 3.8) is 0 Å². The van der Waals surface area contributed by atoms with Crippen LogP contribution in [0.15, 0.2) is 47.4 Å². The number of piperidine rings is 1. The van der Waals surface area contributed by atoms with E-state index in [0.29, 0.717) is 13.1 Å². The smallest absolute Gasteiger partial charge is 0.247 e. The quantitative estimate of drug-likeness (QED) is 0.740. The number of hydrogen-bond donors (Lipinski definition) is 2. The third-order valence-corrected chi connectivity index (χ3v) is 6.87. The molecule has 2 aromatic carbocycles. The first-order valence-corrected chi connectivity index (χ1v) is 11.0. The van der Waals surface area contributed by atoms with Gasteiger partial charge in [0.05, 0.1) is 11.6 Å². The van der Waals surface area contributed by atoms with Crippen LogP contribution in [0.2, 0.25) is 0 Å². The zero-order valence-electron chi connectivity index (χ0n) is 17.1. The number of carbonyl (C=O) groups excluding carboxylic acids is 3. The van der Waals surface area contributed by atoms with Gasteiger partial charge in [-0.15, -0.1) is 11.8 Å². The summed E-state index contributed by atoms with van der Waals surface area (Å²) in [5.74, 6) is -0.888. The Morgan fingerprint density at radius 1 is 1.17 bits per heavy atom. The molecule has 0 aliphatic carbocycles. The highest BCUT2D eigenvalue weighted by Gasteiger charge is 2.38. The first-order chi connectivity index (χ1) is 14.4. The molecule has 30 heavy (non-hydrogen) atoms. The minimum atomic E-state index is -0.819. The molecule has 4 rings (SSSR count). The van der Waals surface area contributed by atoms with E-state index in [9.17, 15) is 14.4 Å². The topological polar surface area (TPSA) is 78.5 Å². The van der Waals surface area contributed by atoms with E-state index in [1.165, 1.54) is 11.8 Å². The average Bonchev–Trinajstić information content (AvgIpc) is 2.75. The predicted octanol–water partition coefficient (Wildman–Crippen LogP) is 3.59. The summed E-state index contributed by atoms with van der Waals surface area (Å²) < 4.78 is 0. The van der Waals surface area contributed by atoms with E-state index in [1.54, 1.807) is 4.90 Å². The molecular weight excluding hydrogens is 398 g/mol. The molecule has 1 saturated heterocycles. The number of benzene rings is 2. The van der Waals surface area contributed by atoms with Crippen LogP contribution in [-0.4, -0.2) is 41.0 Å². The van der Waals surface area contributed by atoms with Gasteiger partial charge < -0.3 is 15.5 Å². The predicted molar refractivity (Wildman–Crippen MR) is 119 cm³/mol. The first kappa shape index (κ1) is 20.5. The van der Waals surface area contributed by atoms with Gasteiger partial charge in [-0.1, -0.05) is 24.3 Å². The largest absolute Gasteiger partial charge is 0.340 e. The lowest BCUT2D eigenvalue weighted by Crippen LogP contribution is -2.50. The molecule has 2 N–H and O–H groups in total. The van der Waals surface area contributed by atoms with Crippen LogP contribution >= 0.6 is 11.8 Å². The molecular formula is C23H25N3O3S. The third kappa shape index (κ3) is 4.21.